The summed E-state index contributed by atoms with van der Waals surface area (Å²) in [7, 11) is 0. The molecule has 23 heavy (non-hydrogen) atoms. The van der Waals surface area contributed by atoms with E-state index < -0.39 is 0 Å². The Morgan fingerprint density at radius 2 is 2.00 bits per heavy atom. The summed E-state index contributed by atoms with van der Waals surface area (Å²) in [5, 5.41) is 0. The van der Waals surface area contributed by atoms with Gasteiger partial charge >= 0.3 is 0 Å². The van der Waals surface area contributed by atoms with Gasteiger partial charge in [0.1, 0.15) is 0 Å². The van der Waals surface area contributed by atoms with Crippen LogP contribution in [0.2, 0.25) is 0 Å². The molecule has 2 fully saturated rings. The van der Waals surface area contributed by atoms with Crippen molar-refractivity contribution in [2.24, 2.45) is 28.6 Å². The average molecular weight is 310 g/mol. The van der Waals surface area contributed by atoms with Crippen LogP contribution in [0.25, 0.3) is 0 Å². The third kappa shape index (κ3) is 1.93. The van der Waals surface area contributed by atoms with Crippen molar-refractivity contribution >= 4 is 11.6 Å². The van der Waals surface area contributed by atoms with E-state index in [4.69, 9.17) is 0 Å². The topological polar surface area (TPSA) is 34.1 Å². The predicted octanol–water partition coefficient (Wildman–Crippen LogP) is 4.42. The summed E-state index contributed by atoms with van der Waals surface area (Å²) in [6.07, 6.45) is 13.6. The lowest BCUT2D eigenvalue weighted by atomic mass is 9.47. The first-order valence-electron chi connectivity index (χ1n) is 9.02. The first kappa shape index (κ1) is 15.1. The Hall–Kier alpha value is -1.44. The maximum atomic E-state index is 12.1. The fraction of sp³-hybridized carbons (Fsp3) is 0.619. The van der Waals surface area contributed by atoms with E-state index in [0.717, 1.165) is 31.3 Å². The third-order valence-corrected chi connectivity index (χ3v) is 7.52. The van der Waals surface area contributed by atoms with Gasteiger partial charge in [-0.15, -0.1) is 0 Å². The molecule has 0 amide bonds. The van der Waals surface area contributed by atoms with Crippen LogP contribution in [0.15, 0.2) is 35.5 Å². The van der Waals surface area contributed by atoms with Crippen molar-refractivity contribution < 1.29 is 9.59 Å². The molecule has 0 heterocycles. The number of fused-ring (bicyclic) bond motifs is 5. The molecule has 0 aromatic carbocycles. The van der Waals surface area contributed by atoms with Crippen molar-refractivity contribution in [1.82, 2.24) is 0 Å². The lowest BCUT2D eigenvalue weighted by Gasteiger charge is -2.56. The van der Waals surface area contributed by atoms with E-state index in [1.807, 2.05) is 6.08 Å². The lowest BCUT2D eigenvalue weighted by molar-refractivity contribution is -0.116. The molecule has 4 rings (SSSR count). The van der Waals surface area contributed by atoms with Gasteiger partial charge in [0.25, 0.3) is 0 Å². The number of ketones is 2. The Labute approximate surface area is 138 Å². The molecule has 0 saturated heterocycles. The summed E-state index contributed by atoms with van der Waals surface area (Å²) in [6.45, 7) is 6.38. The summed E-state index contributed by atoms with van der Waals surface area (Å²) in [5.41, 5.74) is 2.56. The first-order chi connectivity index (χ1) is 10.9. The van der Waals surface area contributed by atoms with E-state index in [1.165, 1.54) is 12.0 Å². The molecule has 2 nitrogen and oxygen atoms in total. The molecule has 0 spiro atoms. The molecular weight excluding hydrogens is 284 g/mol. The second-order valence-electron chi connectivity index (χ2n) is 8.47. The minimum Gasteiger partial charge on any atom is -0.295 e. The zero-order valence-corrected chi connectivity index (χ0v) is 14.4. The van der Waals surface area contributed by atoms with Crippen molar-refractivity contribution in [2.45, 2.75) is 52.9 Å². The number of hydrogen-bond acceptors (Lipinski definition) is 2. The van der Waals surface area contributed by atoms with Crippen molar-refractivity contribution in [2.75, 3.05) is 0 Å². The number of allylic oxidation sites excluding steroid dienone is 6. The van der Waals surface area contributed by atoms with Gasteiger partial charge in [0.2, 0.25) is 0 Å². The highest BCUT2D eigenvalue weighted by atomic mass is 16.1. The fourth-order valence-corrected chi connectivity index (χ4v) is 6.31. The summed E-state index contributed by atoms with van der Waals surface area (Å²) in [6, 6.07) is 0. The molecule has 0 aromatic rings. The minimum absolute atomic E-state index is 0.0527. The van der Waals surface area contributed by atoms with E-state index in [-0.39, 0.29) is 22.4 Å². The van der Waals surface area contributed by atoms with E-state index in [1.54, 1.807) is 13.0 Å². The van der Waals surface area contributed by atoms with Crippen LogP contribution in [0, 0.1) is 28.6 Å². The van der Waals surface area contributed by atoms with Crippen molar-refractivity contribution in [3.05, 3.63) is 35.5 Å². The van der Waals surface area contributed by atoms with Crippen LogP contribution in [0.1, 0.15) is 52.9 Å². The standard InChI is InChI=1S/C21H26O2/c1-13(22)17-6-7-18-16-5-4-14-12-15(23)8-10-20(14,2)19(16)9-11-21(17,18)3/h6,8,10,12,16,18-19H,4-5,7,9,11H2,1-3H3. The Morgan fingerprint density at radius 3 is 2.74 bits per heavy atom. The Morgan fingerprint density at radius 1 is 1.22 bits per heavy atom. The number of carbonyl (C=O) groups excluding carboxylic acids is 2. The molecule has 4 aliphatic carbocycles. The van der Waals surface area contributed by atoms with Crippen LogP contribution < -0.4 is 0 Å². The molecule has 0 aliphatic heterocycles. The van der Waals surface area contributed by atoms with Crippen molar-refractivity contribution in [3.63, 3.8) is 0 Å². The molecule has 5 atom stereocenters. The van der Waals surface area contributed by atoms with Gasteiger partial charge in [0.15, 0.2) is 11.6 Å². The van der Waals surface area contributed by atoms with Crippen LogP contribution in [-0.4, -0.2) is 11.6 Å². The number of carbonyl (C=O) groups is 2. The van der Waals surface area contributed by atoms with Gasteiger partial charge in [-0.05, 0) is 79.9 Å². The Bertz CT molecular complexity index is 680. The largest absolute Gasteiger partial charge is 0.295 e. The first-order valence-corrected chi connectivity index (χ1v) is 9.02. The summed E-state index contributed by atoms with van der Waals surface area (Å²) < 4.78 is 0. The zero-order valence-electron chi connectivity index (χ0n) is 14.4. The van der Waals surface area contributed by atoms with Crippen molar-refractivity contribution in [1.29, 1.82) is 0 Å². The van der Waals surface area contributed by atoms with E-state index in [2.05, 4.69) is 26.0 Å². The van der Waals surface area contributed by atoms with Crippen molar-refractivity contribution in [3.8, 4) is 0 Å². The minimum atomic E-state index is 0.0527. The highest BCUT2D eigenvalue weighted by Gasteiger charge is 2.56. The molecule has 2 saturated carbocycles. The molecule has 2 heteroatoms. The average Bonchev–Trinajstić information content (AvgIpc) is 2.85. The smallest absolute Gasteiger partial charge is 0.178 e. The highest BCUT2D eigenvalue weighted by Crippen LogP contribution is 2.64. The lowest BCUT2D eigenvalue weighted by Crippen LogP contribution is -2.49. The molecule has 5 unspecified atom stereocenters. The molecule has 0 bridgehead atoms. The van der Waals surface area contributed by atoms with Gasteiger partial charge in [-0.1, -0.05) is 31.6 Å². The second kappa shape index (κ2) is 4.78. The van der Waals surface area contributed by atoms with Gasteiger partial charge in [0, 0.05) is 5.41 Å². The summed E-state index contributed by atoms with van der Waals surface area (Å²) in [5.74, 6) is 2.30. The monoisotopic (exact) mass is 310 g/mol. The number of hydrogen-bond donors (Lipinski definition) is 0. The van der Waals surface area contributed by atoms with Crippen LogP contribution in [-0.2, 0) is 9.59 Å². The summed E-state index contributed by atoms with van der Waals surface area (Å²) >= 11 is 0. The number of Topliss-reactive ketones (excluding diaryl/α,β-unsaturated/α-hetero) is 1. The molecule has 122 valence electrons. The molecule has 4 aliphatic rings. The van der Waals surface area contributed by atoms with Gasteiger partial charge in [0.05, 0.1) is 0 Å². The zero-order chi connectivity index (χ0) is 16.4. The van der Waals surface area contributed by atoms with E-state index >= 15 is 0 Å². The van der Waals surface area contributed by atoms with Gasteiger partial charge in [-0.3, -0.25) is 9.59 Å². The predicted molar refractivity (Wildman–Crippen MR) is 90.8 cm³/mol. The highest BCUT2D eigenvalue weighted by molar-refractivity contribution is 6.01. The number of rotatable bonds is 1. The SMILES string of the molecule is CC(=O)C1=CCC2C3CCC4=CC(=O)C=CC4(C)C3CCC12C. The summed E-state index contributed by atoms with van der Waals surface area (Å²) in [4.78, 5) is 23.8. The molecular formula is C21H26O2. The molecule has 0 N–H and O–H groups in total. The quantitative estimate of drug-likeness (QED) is 0.718. The third-order valence-electron chi connectivity index (χ3n) is 7.52. The molecule has 0 aromatic heterocycles. The fourth-order valence-electron chi connectivity index (χ4n) is 6.31. The van der Waals surface area contributed by atoms with Crippen LogP contribution in [0.5, 0.6) is 0 Å². The van der Waals surface area contributed by atoms with Crippen LogP contribution in [0.3, 0.4) is 0 Å². The van der Waals surface area contributed by atoms with Crippen LogP contribution in [0.4, 0.5) is 0 Å². The van der Waals surface area contributed by atoms with Gasteiger partial charge < -0.3 is 0 Å². The van der Waals surface area contributed by atoms with E-state index in [9.17, 15) is 9.59 Å². The Balaban J connectivity index is 1.69. The van der Waals surface area contributed by atoms with Gasteiger partial charge in [-0.2, -0.15) is 0 Å². The normalized spacial score (nSPS) is 44.8. The van der Waals surface area contributed by atoms with E-state index in [0.29, 0.717) is 17.8 Å². The molecule has 0 radical (unpaired) electrons. The van der Waals surface area contributed by atoms with Crippen LogP contribution >= 0.6 is 0 Å². The maximum Gasteiger partial charge on any atom is 0.178 e. The maximum absolute atomic E-state index is 12.1. The Kier molecular flexibility index (Phi) is 3.14. The van der Waals surface area contributed by atoms with Gasteiger partial charge in [-0.25, -0.2) is 0 Å². The second-order valence-corrected chi connectivity index (χ2v) is 8.47.